The van der Waals surface area contributed by atoms with Gasteiger partial charge >= 0.3 is 0 Å². The van der Waals surface area contributed by atoms with E-state index in [0.717, 1.165) is 6.42 Å². The van der Waals surface area contributed by atoms with Crippen molar-refractivity contribution in [3.05, 3.63) is 29.8 Å². The number of hydrogen-bond acceptors (Lipinski definition) is 2. The lowest BCUT2D eigenvalue weighted by Crippen LogP contribution is -2.09. The Bertz CT molecular complexity index is 361. The summed E-state index contributed by atoms with van der Waals surface area (Å²) in [7, 11) is 1.59. The van der Waals surface area contributed by atoms with Crippen molar-refractivity contribution in [2.75, 3.05) is 7.11 Å². The second kappa shape index (κ2) is 5.15. The summed E-state index contributed by atoms with van der Waals surface area (Å²) >= 11 is 0. The van der Waals surface area contributed by atoms with E-state index in [2.05, 4.69) is 20.8 Å². The van der Waals surface area contributed by atoms with Gasteiger partial charge in [-0.2, -0.15) is 0 Å². The Labute approximate surface area is 97.6 Å². The number of ketones is 1. The Hall–Kier alpha value is -1.31. The smallest absolute Gasteiger partial charge is 0.166 e. The van der Waals surface area contributed by atoms with Crippen molar-refractivity contribution in [1.82, 2.24) is 0 Å². The van der Waals surface area contributed by atoms with E-state index in [9.17, 15) is 4.79 Å². The maximum Gasteiger partial charge on any atom is 0.166 e. The van der Waals surface area contributed by atoms with Crippen LogP contribution in [0.5, 0.6) is 5.75 Å². The van der Waals surface area contributed by atoms with Crippen LogP contribution in [-0.4, -0.2) is 12.9 Å². The topological polar surface area (TPSA) is 26.3 Å². The third-order valence-electron chi connectivity index (χ3n) is 2.51. The number of rotatable bonds is 4. The average molecular weight is 220 g/mol. The maximum absolute atomic E-state index is 12.0. The molecule has 0 aliphatic rings. The van der Waals surface area contributed by atoms with E-state index in [1.807, 2.05) is 24.3 Å². The molecule has 0 fully saturated rings. The van der Waals surface area contributed by atoms with Crippen LogP contribution in [0.1, 0.15) is 44.0 Å². The summed E-state index contributed by atoms with van der Waals surface area (Å²) in [6.07, 6.45) is 1.47. The predicted octanol–water partition coefficient (Wildman–Crippen LogP) is 3.70. The average Bonchev–Trinajstić information content (AvgIpc) is 2.25. The summed E-state index contributed by atoms with van der Waals surface area (Å²) in [4.78, 5) is 12.0. The van der Waals surface area contributed by atoms with Gasteiger partial charge in [0.05, 0.1) is 12.7 Å². The standard InChI is InChI=1S/C14H20O2/c1-14(2,3)10-9-12(15)11-7-5-6-8-13(11)16-4/h5-8H,9-10H2,1-4H3. The number of hydrogen-bond donors (Lipinski definition) is 0. The first-order valence-corrected chi connectivity index (χ1v) is 5.60. The van der Waals surface area contributed by atoms with Crippen LogP contribution in [0.25, 0.3) is 0 Å². The molecule has 0 aliphatic heterocycles. The summed E-state index contributed by atoms with van der Waals surface area (Å²) in [5.74, 6) is 0.828. The minimum Gasteiger partial charge on any atom is -0.496 e. The minimum absolute atomic E-state index is 0.160. The van der Waals surface area contributed by atoms with Crippen molar-refractivity contribution >= 4 is 5.78 Å². The van der Waals surface area contributed by atoms with Gasteiger partial charge in [-0.25, -0.2) is 0 Å². The number of carbonyl (C=O) groups is 1. The lowest BCUT2D eigenvalue weighted by Gasteiger charge is -2.17. The van der Waals surface area contributed by atoms with Crippen molar-refractivity contribution < 1.29 is 9.53 Å². The van der Waals surface area contributed by atoms with Crippen LogP contribution < -0.4 is 4.74 Å². The van der Waals surface area contributed by atoms with Crippen molar-refractivity contribution in [2.24, 2.45) is 5.41 Å². The largest absolute Gasteiger partial charge is 0.496 e. The molecular weight excluding hydrogens is 200 g/mol. The first kappa shape index (κ1) is 12.8. The molecule has 0 heterocycles. The van der Waals surface area contributed by atoms with E-state index < -0.39 is 0 Å². The molecule has 0 radical (unpaired) electrons. The number of Topliss-reactive ketones (excluding diaryl/α,β-unsaturated/α-hetero) is 1. The van der Waals surface area contributed by atoms with Gasteiger partial charge in [-0.15, -0.1) is 0 Å². The second-order valence-corrected chi connectivity index (χ2v) is 5.18. The number of benzene rings is 1. The summed E-state index contributed by atoms with van der Waals surface area (Å²) < 4.78 is 5.18. The summed E-state index contributed by atoms with van der Waals surface area (Å²) in [5, 5.41) is 0. The SMILES string of the molecule is COc1ccccc1C(=O)CCC(C)(C)C. The summed E-state index contributed by atoms with van der Waals surface area (Å²) in [6.45, 7) is 6.42. The van der Waals surface area contributed by atoms with Gasteiger partial charge in [0.2, 0.25) is 0 Å². The van der Waals surface area contributed by atoms with E-state index in [0.29, 0.717) is 17.7 Å². The van der Waals surface area contributed by atoms with Crippen LogP contribution in [0.2, 0.25) is 0 Å². The van der Waals surface area contributed by atoms with Gasteiger partial charge in [0.25, 0.3) is 0 Å². The van der Waals surface area contributed by atoms with Crippen LogP contribution in [0.3, 0.4) is 0 Å². The zero-order valence-corrected chi connectivity index (χ0v) is 10.5. The molecule has 0 saturated carbocycles. The van der Waals surface area contributed by atoms with Gasteiger partial charge in [-0.3, -0.25) is 4.79 Å². The van der Waals surface area contributed by atoms with Gasteiger partial charge in [-0.1, -0.05) is 32.9 Å². The highest BCUT2D eigenvalue weighted by Crippen LogP contribution is 2.25. The fourth-order valence-electron chi connectivity index (χ4n) is 1.50. The second-order valence-electron chi connectivity index (χ2n) is 5.18. The predicted molar refractivity (Wildman–Crippen MR) is 66.0 cm³/mol. The van der Waals surface area contributed by atoms with Crippen LogP contribution >= 0.6 is 0 Å². The molecule has 2 heteroatoms. The fraction of sp³-hybridized carbons (Fsp3) is 0.500. The van der Waals surface area contributed by atoms with E-state index in [4.69, 9.17) is 4.74 Å². The highest BCUT2D eigenvalue weighted by molar-refractivity contribution is 5.98. The molecule has 0 bridgehead atoms. The molecule has 1 aromatic rings. The van der Waals surface area contributed by atoms with E-state index in [-0.39, 0.29) is 11.2 Å². The molecule has 0 aliphatic carbocycles. The molecule has 0 unspecified atom stereocenters. The van der Waals surface area contributed by atoms with Crippen molar-refractivity contribution in [1.29, 1.82) is 0 Å². The van der Waals surface area contributed by atoms with Crippen LogP contribution in [-0.2, 0) is 0 Å². The lowest BCUT2D eigenvalue weighted by atomic mass is 9.88. The van der Waals surface area contributed by atoms with Crippen LogP contribution in [0, 0.1) is 5.41 Å². The lowest BCUT2D eigenvalue weighted by molar-refractivity contribution is 0.0963. The Balaban J connectivity index is 2.73. The molecule has 0 amide bonds. The molecular formula is C14H20O2. The fourth-order valence-corrected chi connectivity index (χ4v) is 1.50. The highest BCUT2D eigenvalue weighted by Gasteiger charge is 2.16. The molecule has 0 aromatic heterocycles. The Morgan fingerprint density at radius 2 is 1.88 bits per heavy atom. The van der Waals surface area contributed by atoms with E-state index >= 15 is 0 Å². The molecule has 0 saturated heterocycles. The first-order valence-electron chi connectivity index (χ1n) is 5.60. The summed E-state index contributed by atoms with van der Waals surface area (Å²) in [5.41, 5.74) is 0.881. The zero-order chi connectivity index (χ0) is 12.2. The van der Waals surface area contributed by atoms with E-state index in [1.165, 1.54) is 0 Å². The quantitative estimate of drug-likeness (QED) is 0.723. The summed E-state index contributed by atoms with van der Waals surface area (Å²) in [6, 6.07) is 7.39. The molecule has 1 rings (SSSR count). The number of carbonyl (C=O) groups excluding carboxylic acids is 1. The van der Waals surface area contributed by atoms with Crippen LogP contribution in [0.15, 0.2) is 24.3 Å². The first-order chi connectivity index (χ1) is 7.44. The third-order valence-corrected chi connectivity index (χ3v) is 2.51. The van der Waals surface area contributed by atoms with Gasteiger partial charge in [0.1, 0.15) is 5.75 Å². The highest BCUT2D eigenvalue weighted by atomic mass is 16.5. The normalized spacial score (nSPS) is 11.2. The minimum atomic E-state index is 0.160. The van der Waals surface area contributed by atoms with Crippen molar-refractivity contribution in [3.8, 4) is 5.75 Å². The van der Waals surface area contributed by atoms with Gasteiger partial charge < -0.3 is 4.74 Å². The van der Waals surface area contributed by atoms with Gasteiger partial charge in [0, 0.05) is 6.42 Å². The monoisotopic (exact) mass is 220 g/mol. The molecule has 0 spiro atoms. The Kier molecular flexibility index (Phi) is 4.11. The molecule has 1 aromatic carbocycles. The molecule has 0 atom stereocenters. The molecule has 2 nitrogen and oxygen atoms in total. The van der Waals surface area contributed by atoms with Gasteiger partial charge in [0.15, 0.2) is 5.78 Å². The molecule has 16 heavy (non-hydrogen) atoms. The Morgan fingerprint density at radius 1 is 1.25 bits per heavy atom. The molecule has 0 N–H and O–H groups in total. The number of para-hydroxylation sites is 1. The maximum atomic E-state index is 12.0. The van der Waals surface area contributed by atoms with Crippen molar-refractivity contribution in [3.63, 3.8) is 0 Å². The van der Waals surface area contributed by atoms with Crippen molar-refractivity contribution in [2.45, 2.75) is 33.6 Å². The Morgan fingerprint density at radius 3 is 2.44 bits per heavy atom. The zero-order valence-electron chi connectivity index (χ0n) is 10.5. The number of methoxy groups -OCH3 is 1. The van der Waals surface area contributed by atoms with E-state index in [1.54, 1.807) is 7.11 Å². The van der Waals surface area contributed by atoms with Crippen LogP contribution in [0.4, 0.5) is 0 Å². The molecule has 88 valence electrons. The van der Waals surface area contributed by atoms with Gasteiger partial charge in [-0.05, 0) is 24.0 Å². The number of ether oxygens (including phenoxy) is 1. The third kappa shape index (κ3) is 3.69.